The van der Waals surface area contributed by atoms with Gasteiger partial charge in [0.15, 0.2) is 23.8 Å². The Morgan fingerprint density at radius 3 is 2.59 bits per heavy atom. The average molecular weight is 653 g/mol. The number of esters is 1. The maximum Gasteiger partial charge on any atom is 0.325 e. The number of aliphatic hydroxyl groups is 1. The van der Waals surface area contributed by atoms with E-state index < -0.39 is 65.5 Å². The molecule has 1 aliphatic heterocycles. The highest BCUT2D eigenvalue weighted by Crippen LogP contribution is 2.70. The minimum absolute atomic E-state index is 0.0663. The maximum absolute atomic E-state index is 15.8. The fourth-order valence-corrected chi connectivity index (χ4v) is 9.20. The first kappa shape index (κ1) is 34.7. The van der Waals surface area contributed by atoms with Crippen LogP contribution in [0.25, 0.3) is 0 Å². The number of unbranched alkanes of at least 4 members (excludes halogenated alkanes) is 2. The van der Waals surface area contributed by atoms with Crippen LogP contribution < -0.4 is 5.32 Å². The van der Waals surface area contributed by atoms with Gasteiger partial charge in [0.2, 0.25) is 11.7 Å². The van der Waals surface area contributed by atoms with Crippen LogP contribution in [-0.4, -0.2) is 93.9 Å². The summed E-state index contributed by atoms with van der Waals surface area (Å²) in [6.45, 7) is 6.12. The quantitative estimate of drug-likeness (QED) is 0.138. The maximum atomic E-state index is 15.8. The molecule has 4 fully saturated rings. The molecule has 13 nitrogen and oxygen atoms in total. The molecule has 9 atom stereocenters. The van der Waals surface area contributed by atoms with E-state index in [4.69, 9.17) is 24.6 Å². The van der Waals surface area contributed by atoms with Crippen LogP contribution in [0.4, 0.5) is 4.39 Å². The van der Waals surface area contributed by atoms with E-state index in [9.17, 15) is 24.3 Å². The fourth-order valence-electron chi connectivity index (χ4n) is 9.20. The number of nitrogens with zero attached hydrogens (tertiary/aromatic N) is 1. The Balaban J connectivity index is 1.25. The van der Waals surface area contributed by atoms with Gasteiger partial charge in [0.25, 0.3) is 0 Å². The number of ether oxygens (including phenoxy) is 3. The molecule has 1 saturated heterocycles. The highest BCUT2D eigenvalue weighted by Gasteiger charge is 2.77. The van der Waals surface area contributed by atoms with Crippen molar-refractivity contribution in [2.24, 2.45) is 28.6 Å². The fraction of sp³-hybridized carbons (Fsp3) is 0.750. The molecule has 0 aromatic carbocycles. The Hall–Kier alpha value is -2.59. The molecule has 0 bridgehead atoms. The summed E-state index contributed by atoms with van der Waals surface area (Å²) >= 11 is 0. The van der Waals surface area contributed by atoms with E-state index in [1.54, 1.807) is 19.9 Å². The van der Waals surface area contributed by atoms with E-state index >= 15 is 4.39 Å². The average Bonchev–Trinajstić information content (AvgIpc) is 3.38. The summed E-state index contributed by atoms with van der Waals surface area (Å²) in [7, 11) is 0. The Kier molecular flexibility index (Phi) is 9.66. The number of aliphatic hydroxyl groups excluding tert-OH is 1. The van der Waals surface area contributed by atoms with Crippen LogP contribution >= 0.6 is 0 Å². The Labute approximate surface area is 266 Å². The van der Waals surface area contributed by atoms with Gasteiger partial charge in [-0.1, -0.05) is 26.3 Å². The van der Waals surface area contributed by atoms with Crippen LogP contribution in [0.3, 0.4) is 0 Å². The van der Waals surface area contributed by atoms with Gasteiger partial charge in [0, 0.05) is 23.2 Å². The molecule has 4 aliphatic carbocycles. The number of amides is 1. The molecule has 256 valence electrons. The van der Waals surface area contributed by atoms with Crippen molar-refractivity contribution in [3.05, 3.63) is 23.8 Å². The number of Topliss-reactive ketones (excluding diaryl/α,β-unsaturated/α-hetero) is 1. The van der Waals surface area contributed by atoms with Crippen LogP contribution in [-0.2, 0) is 38.2 Å². The number of halogens is 1. The van der Waals surface area contributed by atoms with E-state index in [1.165, 1.54) is 12.2 Å². The number of hydrogen-bond donors (Lipinski definition) is 4. The van der Waals surface area contributed by atoms with Crippen molar-refractivity contribution in [1.82, 2.24) is 10.7 Å². The van der Waals surface area contributed by atoms with Crippen molar-refractivity contribution in [3.63, 3.8) is 0 Å². The highest BCUT2D eigenvalue weighted by atomic mass is 19.1. The highest BCUT2D eigenvalue weighted by molar-refractivity contribution is 6.01. The first-order valence-electron chi connectivity index (χ1n) is 16.0. The molecule has 5 rings (SSSR count). The van der Waals surface area contributed by atoms with Crippen molar-refractivity contribution in [1.29, 1.82) is 0 Å². The van der Waals surface area contributed by atoms with Gasteiger partial charge in [0.05, 0.1) is 24.2 Å². The molecule has 0 spiro atoms. The summed E-state index contributed by atoms with van der Waals surface area (Å²) < 4.78 is 33.8. The third kappa shape index (κ3) is 6.09. The molecule has 1 heterocycles. The number of nitrogens with one attached hydrogen (secondary N) is 1. The zero-order valence-corrected chi connectivity index (χ0v) is 26.7. The van der Waals surface area contributed by atoms with E-state index in [2.05, 4.69) is 10.2 Å². The van der Waals surface area contributed by atoms with E-state index in [-0.39, 0.29) is 60.7 Å². The number of fused-ring (bicyclic) bond motifs is 7. The number of hydrogen-bond acceptors (Lipinski definition) is 12. The van der Waals surface area contributed by atoms with Crippen molar-refractivity contribution in [3.8, 4) is 0 Å². The van der Waals surface area contributed by atoms with Crippen molar-refractivity contribution in [2.75, 3.05) is 19.8 Å². The van der Waals surface area contributed by atoms with Gasteiger partial charge in [-0.3, -0.25) is 34.4 Å². The minimum Gasteiger partial charge on any atom is -0.456 e. The van der Waals surface area contributed by atoms with E-state index in [1.807, 2.05) is 13.8 Å². The summed E-state index contributed by atoms with van der Waals surface area (Å²) in [6, 6.07) is 0. The normalized spacial score (nSPS) is 38.8. The molecule has 0 radical (unpaired) electrons. The van der Waals surface area contributed by atoms with Crippen LogP contribution in [0.1, 0.15) is 72.6 Å². The Morgan fingerprint density at radius 2 is 1.87 bits per heavy atom. The summed E-state index contributed by atoms with van der Waals surface area (Å²) in [4.78, 5) is 55.4. The molecule has 1 amide bonds. The molecule has 14 heteroatoms. The van der Waals surface area contributed by atoms with Gasteiger partial charge in [0.1, 0.15) is 12.7 Å². The number of carbonyl (C=O) groups is 4. The number of allylic oxidation sites excluding steroid dienone is 4. The van der Waals surface area contributed by atoms with Crippen molar-refractivity contribution >= 4 is 23.4 Å². The topological polar surface area (TPSA) is 181 Å². The second-order valence-electron chi connectivity index (χ2n) is 14.1. The lowest BCUT2D eigenvalue weighted by Crippen LogP contribution is -2.64. The molecule has 4 N–H and O–H groups in total. The third-order valence-electron chi connectivity index (χ3n) is 10.9. The number of alkyl halides is 1. The SMILES string of the molecule is CC1(C)O[C@@H]2C[C@H]3[C@@H]4C[C@H](F)C5=CC(=O)C=C[C@]5(C)[C@H]4[C@@H](O)C[C@]3(C)[C@]2(C(=O)COC(=O)CNC(=O)CCCCCON(O)O)O1. The van der Waals surface area contributed by atoms with Gasteiger partial charge >= 0.3 is 5.97 Å². The van der Waals surface area contributed by atoms with Crippen LogP contribution in [0.15, 0.2) is 23.8 Å². The monoisotopic (exact) mass is 652 g/mol. The van der Waals surface area contributed by atoms with Gasteiger partial charge in [-0.05, 0) is 75.5 Å². The number of rotatable bonds is 12. The first-order valence-corrected chi connectivity index (χ1v) is 16.0. The zero-order chi connectivity index (χ0) is 33.7. The van der Waals surface area contributed by atoms with Crippen LogP contribution in [0, 0.1) is 28.6 Å². The zero-order valence-electron chi connectivity index (χ0n) is 26.7. The molecule has 0 unspecified atom stereocenters. The molecule has 0 aromatic rings. The Bertz CT molecular complexity index is 1300. The van der Waals surface area contributed by atoms with Crippen molar-refractivity contribution < 1.29 is 58.1 Å². The second-order valence-corrected chi connectivity index (χ2v) is 14.1. The standard InChI is InChI=1S/C32H45FN2O11/c1-29(2)45-25-14-20-19-13-22(33)21-12-18(36)9-10-30(21,3)28(19)23(37)15-31(20,4)32(25,46-29)24(38)17-43-27(40)16-34-26(39)8-6-5-7-11-44-35(41)42/h9-10,12,19-20,22-23,25,28,37,41-42H,5-8,11,13-17H2,1-4H3,(H,34,39)/t19-,20-,22-,23-,25+,28+,30-,31-,32+/m0/s1. The second kappa shape index (κ2) is 12.8. The predicted molar refractivity (Wildman–Crippen MR) is 155 cm³/mol. The van der Waals surface area contributed by atoms with E-state index in [0.29, 0.717) is 31.3 Å². The molecule has 5 aliphatic rings. The Morgan fingerprint density at radius 1 is 1.13 bits per heavy atom. The molecular formula is C32H45FN2O11. The largest absolute Gasteiger partial charge is 0.456 e. The van der Waals surface area contributed by atoms with Gasteiger partial charge in [-0.15, -0.1) is 0 Å². The molecular weight excluding hydrogens is 607 g/mol. The lowest BCUT2D eigenvalue weighted by molar-refractivity contribution is -0.492. The third-order valence-corrected chi connectivity index (χ3v) is 10.9. The summed E-state index contributed by atoms with van der Waals surface area (Å²) in [5, 5.41) is 30.8. The number of carbonyl (C=O) groups excluding carboxylic acids is 4. The smallest absolute Gasteiger partial charge is 0.325 e. The molecule has 3 saturated carbocycles. The van der Waals surface area contributed by atoms with Crippen molar-refractivity contribution in [2.45, 2.75) is 102 Å². The first-order chi connectivity index (χ1) is 21.5. The lowest BCUT2D eigenvalue weighted by Gasteiger charge is -2.60. The molecule has 46 heavy (non-hydrogen) atoms. The van der Waals surface area contributed by atoms with Gasteiger partial charge in [-0.2, -0.15) is 0 Å². The summed E-state index contributed by atoms with van der Waals surface area (Å²) in [5.74, 6) is -4.11. The lowest BCUT2D eigenvalue weighted by atomic mass is 9.46. The van der Waals surface area contributed by atoms with Crippen LogP contribution in [0.2, 0.25) is 0 Å². The van der Waals surface area contributed by atoms with Crippen LogP contribution in [0.5, 0.6) is 0 Å². The summed E-state index contributed by atoms with van der Waals surface area (Å²) in [6.07, 6.45) is 3.78. The number of ketones is 2. The van der Waals surface area contributed by atoms with E-state index in [0.717, 1.165) is 0 Å². The van der Waals surface area contributed by atoms with Gasteiger partial charge < -0.3 is 24.6 Å². The van der Waals surface area contributed by atoms with Gasteiger partial charge in [-0.25, -0.2) is 4.39 Å². The minimum atomic E-state index is -1.56. The molecule has 0 aromatic heterocycles. The predicted octanol–water partition coefficient (Wildman–Crippen LogP) is 2.51. The summed E-state index contributed by atoms with van der Waals surface area (Å²) in [5.41, 5.74) is -3.02.